The monoisotopic (exact) mass is 336 g/mol. The first-order valence-corrected chi connectivity index (χ1v) is 7.46. The molecule has 20 heavy (non-hydrogen) atoms. The van der Waals surface area contributed by atoms with E-state index < -0.39 is 10.0 Å². The van der Waals surface area contributed by atoms with Crippen LogP contribution in [0.2, 0.25) is 10.2 Å². The van der Waals surface area contributed by atoms with E-state index in [1.54, 1.807) is 14.0 Å². The minimum Gasteiger partial charge on any atom is -0.381 e. The molecule has 2 heterocycles. The predicted octanol–water partition coefficient (Wildman–Crippen LogP) is 1.21. The SMILES string of the molecule is Cc1c(S(=O)(=O)Nc2ncnc(Cl)c2Cl)c(N)nn1C. The van der Waals surface area contributed by atoms with E-state index >= 15 is 0 Å². The standard InChI is InChI=1S/C9H10Cl2N6O2S/c1-4-6(8(12)15-17(4)2)20(18,19)16-9-5(10)7(11)13-3-14-9/h3H,1-2H3,(H2,12,15)(H,13,14,16). The Labute approximate surface area is 125 Å². The Bertz CT molecular complexity index is 773. The maximum absolute atomic E-state index is 12.3. The second-order valence-corrected chi connectivity index (χ2v) is 6.21. The summed E-state index contributed by atoms with van der Waals surface area (Å²) in [5, 5.41) is 3.68. The summed E-state index contributed by atoms with van der Waals surface area (Å²) in [5.41, 5.74) is 5.99. The Morgan fingerprint density at radius 1 is 1.35 bits per heavy atom. The van der Waals surface area contributed by atoms with Gasteiger partial charge in [-0.15, -0.1) is 0 Å². The van der Waals surface area contributed by atoms with Gasteiger partial charge in [-0.1, -0.05) is 23.2 Å². The summed E-state index contributed by atoms with van der Waals surface area (Å²) >= 11 is 11.5. The molecule has 0 aliphatic carbocycles. The average molecular weight is 337 g/mol. The van der Waals surface area contributed by atoms with Gasteiger partial charge in [0.05, 0.1) is 5.69 Å². The third kappa shape index (κ3) is 2.51. The van der Waals surface area contributed by atoms with E-state index in [0.29, 0.717) is 5.69 Å². The highest BCUT2D eigenvalue weighted by molar-refractivity contribution is 7.93. The van der Waals surface area contributed by atoms with Gasteiger partial charge in [-0.2, -0.15) is 5.10 Å². The average Bonchev–Trinajstić information content (AvgIpc) is 2.59. The molecule has 8 nitrogen and oxygen atoms in total. The van der Waals surface area contributed by atoms with Crippen LogP contribution in [0.4, 0.5) is 11.6 Å². The quantitative estimate of drug-likeness (QED) is 0.813. The zero-order chi connectivity index (χ0) is 15.1. The lowest BCUT2D eigenvalue weighted by molar-refractivity contribution is 0.600. The molecule has 0 aromatic carbocycles. The second-order valence-electron chi connectivity index (χ2n) is 3.86. The number of nitrogens with two attached hydrogens (primary N) is 1. The number of rotatable bonds is 3. The Hall–Kier alpha value is -1.58. The Morgan fingerprint density at radius 2 is 2.00 bits per heavy atom. The van der Waals surface area contributed by atoms with Crippen molar-refractivity contribution in [3.05, 3.63) is 22.2 Å². The Balaban J connectivity index is 2.49. The number of hydrogen-bond donors (Lipinski definition) is 2. The largest absolute Gasteiger partial charge is 0.381 e. The van der Waals surface area contributed by atoms with E-state index in [2.05, 4.69) is 19.8 Å². The van der Waals surface area contributed by atoms with Crippen LogP contribution in [-0.4, -0.2) is 28.2 Å². The minimum atomic E-state index is -3.98. The van der Waals surface area contributed by atoms with Crippen molar-refractivity contribution in [1.29, 1.82) is 0 Å². The van der Waals surface area contributed by atoms with Crippen LogP contribution >= 0.6 is 23.2 Å². The van der Waals surface area contributed by atoms with Crippen molar-refractivity contribution in [3.8, 4) is 0 Å². The lowest BCUT2D eigenvalue weighted by Gasteiger charge is -2.08. The van der Waals surface area contributed by atoms with Crippen LogP contribution in [0.1, 0.15) is 5.69 Å². The fourth-order valence-electron chi connectivity index (χ4n) is 1.54. The van der Waals surface area contributed by atoms with Crippen molar-refractivity contribution in [2.75, 3.05) is 10.5 Å². The minimum absolute atomic E-state index is 0.0600. The van der Waals surface area contributed by atoms with Gasteiger partial charge in [0.25, 0.3) is 10.0 Å². The molecule has 0 spiro atoms. The number of nitrogen functional groups attached to an aromatic ring is 1. The maximum Gasteiger partial charge on any atom is 0.268 e. The van der Waals surface area contributed by atoms with Crippen molar-refractivity contribution in [3.63, 3.8) is 0 Å². The van der Waals surface area contributed by atoms with Crippen LogP contribution in [0.25, 0.3) is 0 Å². The van der Waals surface area contributed by atoms with E-state index in [9.17, 15) is 8.42 Å². The topological polar surface area (TPSA) is 116 Å². The number of aromatic nitrogens is 4. The molecule has 108 valence electrons. The highest BCUT2D eigenvalue weighted by atomic mass is 35.5. The van der Waals surface area contributed by atoms with Crippen LogP contribution in [0.3, 0.4) is 0 Å². The maximum atomic E-state index is 12.3. The van der Waals surface area contributed by atoms with Gasteiger partial charge < -0.3 is 5.73 Å². The molecule has 0 fully saturated rings. The molecular weight excluding hydrogens is 327 g/mol. The first kappa shape index (κ1) is 14.8. The molecule has 3 N–H and O–H groups in total. The summed E-state index contributed by atoms with van der Waals surface area (Å²) in [4.78, 5) is 7.22. The van der Waals surface area contributed by atoms with Crippen LogP contribution in [0.5, 0.6) is 0 Å². The highest BCUT2D eigenvalue weighted by Crippen LogP contribution is 2.29. The van der Waals surface area contributed by atoms with E-state index in [0.717, 1.165) is 6.33 Å². The molecule has 0 saturated heterocycles. The number of halogens is 2. The summed E-state index contributed by atoms with van der Waals surface area (Å²) in [5.74, 6) is -0.247. The Morgan fingerprint density at radius 3 is 2.55 bits per heavy atom. The van der Waals surface area contributed by atoms with Gasteiger partial charge in [0, 0.05) is 7.05 Å². The molecule has 0 atom stereocenters. The fourth-order valence-corrected chi connectivity index (χ4v) is 3.23. The third-order valence-corrected chi connectivity index (χ3v) is 4.80. The number of anilines is 2. The van der Waals surface area contributed by atoms with E-state index in [1.165, 1.54) is 4.68 Å². The fraction of sp³-hybridized carbons (Fsp3) is 0.222. The molecule has 0 radical (unpaired) electrons. The number of nitrogens with zero attached hydrogens (tertiary/aromatic N) is 4. The first-order valence-electron chi connectivity index (χ1n) is 5.22. The highest BCUT2D eigenvalue weighted by Gasteiger charge is 2.26. The molecule has 0 saturated carbocycles. The van der Waals surface area contributed by atoms with Crippen molar-refractivity contribution < 1.29 is 8.42 Å². The van der Waals surface area contributed by atoms with Gasteiger partial charge in [-0.25, -0.2) is 18.4 Å². The molecule has 0 amide bonds. The molecule has 2 aromatic rings. The summed E-state index contributed by atoms with van der Waals surface area (Å²) in [6.07, 6.45) is 1.09. The summed E-state index contributed by atoms with van der Waals surface area (Å²) < 4.78 is 28.2. The van der Waals surface area contributed by atoms with E-state index in [1.807, 2.05) is 0 Å². The van der Waals surface area contributed by atoms with Crippen LogP contribution in [0, 0.1) is 6.92 Å². The molecule has 0 unspecified atom stereocenters. The number of sulfonamides is 1. The van der Waals surface area contributed by atoms with Crippen molar-refractivity contribution in [2.24, 2.45) is 7.05 Å². The zero-order valence-corrected chi connectivity index (χ0v) is 12.8. The second kappa shape index (κ2) is 5.08. The van der Waals surface area contributed by atoms with E-state index in [-0.39, 0.29) is 26.7 Å². The zero-order valence-electron chi connectivity index (χ0n) is 10.4. The van der Waals surface area contributed by atoms with Crippen molar-refractivity contribution in [2.45, 2.75) is 11.8 Å². The molecule has 11 heteroatoms. The Kier molecular flexibility index (Phi) is 3.76. The molecule has 0 bridgehead atoms. The molecule has 0 aliphatic rings. The smallest absolute Gasteiger partial charge is 0.268 e. The summed E-state index contributed by atoms with van der Waals surface area (Å²) in [7, 11) is -2.40. The van der Waals surface area contributed by atoms with Gasteiger partial charge >= 0.3 is 0 Å². The first-order chi connectivity index (χ1) is 9.24. The van der Waals surface area contributed by atoms with Gasteiger partial charge in [-0.05, 0) is 6.92 Å². The molecule has 2 aromatic heterocycles. The molecule has 2 rings (SSSR count). The summed E-state index contributed by atoms with van der Waals surface area (Å²) in [6.45, 7) is 1.58. The third-order valence-electron chi connectivity index (χ3n) is 2.55. The van der Waals surface area contributed by atoms with Gasteiger partial charge in [0.1, 0.15) is 11.3 Å². The van der Waals surface area contributed by atoms with Gasteiger partial charge in [-0.3, -0.25) is 9.40 Å². The van der Waals surface area contributed by atoms with Crippen LogP contribution in [0.15, 0.2) is 11.2 Å². The van der Waals surface area contributed by atoms with Crippen LogP contribution < -0.4 is 10.5 Å². The van der Waals surface area contributed by atoms with E-state index in [4.69, 9.17) is 28.9 Å². The lowest BCUT2D eigenvalue weighted by atomic mass is 10.5. The van der Waals surface area contributed by atoms with Crippen molar-refractivity contribution in [1.82, 2.24) is 19.7 Å². The van der Waals surface area contributed by atoms with Crippen molar-refractivity contribution >= 4 is 44.9 Å². The van der Waals surface area contributed by atoms with Gasteiger partial charge in [0.2, 0.25) is 0 Å². The predicted molar refractivity (Wildman–Crippen MR) is 75.2 cm³/mol. The molecule has 0 aliphatic heterocycles. The number of aryl methyl sites for hydroxylation is 1. The summed E-state index contributed by atoms with van der Waals surface area (Å²) in [6, 6.07) is 0. The normalized spacial score (nSPS) is 11.6. The van der Waals surface area contributed by atoms with Crippen LogP contribution in [-0.2, 0) is 17.1 Å². The number of hydrogen-bond acceptors (Lipinski definition) is 6. The molecular formula is C9H10Cl2N6O2S. The number of nitrogens with one attached hydrogen (secondary N) is 1. The van der Waals surface area contributed by atoms with Gasteiger partial charge in [0.15, 0.2) is 21.7 Å². The lowest BCUT2D eigenvalue weighted by Crippen LogP contribution is -2.16.